The maximum Gasteiger partial charge on any atom is 0.410 e. The summed E-state index contributed by atoms with van der Waals surface area (Å²) in [5, 5.41) is 0. The first kappa shape index (κ1) is 10.0. The predicted molar refractivity (Wildman–Crippen MR) is 47.0 cm³/mol. The Morgan fingerprint density at radius 1 is 1.46 bits per heavy atom. The van der Waals surface area contributed by atoms with Crippen molar-refractivity contribution in [1.29, 1.82) is 0 Å². The van der Waals surface area contributed by atoms with E-state index in [0.717, 1.165) is 0 Å². The van der Waals surface area contributed by atoms with Crippen molar-refractivity contribution in [3.8, 4) is 0 Å². The number of rotatable bonds is 1. The van der Waals surface area contributed by atoms with Gasteiger partial charge in [0.15, 0.2) is 0 Å². The van der Waals surface area contributed by atoms with Gasteiger partial charge in [-0.05, 0) is 20.8 Å². The highest BCUT2D eigenvalue weighted by atomic mass is 16.6. The smallest absolute Gasteiger partial charge is 0.410 e. The van der Waals surface area contributed by atoms with Crippen LogP contribution in [-0.2, 0) is 9.53 Å². The van der Waals surface area contributed by atoms with Crippen molar-refractivity contribution < 1.29 is 14.3 Å². The lowest BCUT2D eigenvalue weighted by Gasteiger charge is -2.36. The second kappa shape index (κ2) is 3.36. The summed E-state index contributed by atoms with van der Waals surface area (Å²) in [6, 6.07) is 0. The zero-order chi connectivity index (χ0) is 10.1. The SMILES string of the molecule is CC(C)(C)OC(=O)N1CC([C]=O)C1. The monoisotopic (exact) mass is 184 g/mol. The molecule has 1 heterocycles. The minimum Gasteiger partial charge on any atom is -0.444 e. The maximum absolute atomic E-state index is 11.3. The molecular weight excluding hydrogens is 170 g/mol. The normalized spacial score (nSPS) is 17.9. The summed E-state index contributed by atoms with van der Waals surface area (Å²) in [4.78, 5) is 22.9. The molecule has 1 rings (SSSR count). The molecule has 0 saturated carbocycles. The van der Waals surface area contributed by atoms with E-state index in [1.54, 1.807) is 0 Å². The molecule has 0 aliphatic carbocycles. The average Bonchev–Trinajstić information content (AvgIpc) is 1.79. The van der Waals surface area contributed by atoms with Crippen molar-refractivity contribution in [3.63, 3.8) is 0 Å². The molecule has 0 aromatic heterocycles. The highest BCUT2D eigenvalue weighted by molar-refractivity contribution is 5.71. The highest BCUT2D eigenvalue weighted by Crippen LogP contribution is 2.17. The van der Waals surface area contributed by atoms with Gasteiger partial charge in [0.2, 0.25) is 6.29 Å². The van der Waals surface area contributed by atoms with Gasteiger partial charge in [-0.2, -0.15) is 0 Å². The van der Waals surface area contributed by atoms with Crippen LogP contribution in [0.25, 0.3) is 0 Å². The van der Waals surface area contributed by atoms with Gasteiger partial charge in [-0.25, -0.2) is 4.79 Å². The van der Waals surface area contributed by atoms with Crippen LogP contribution in [0.3, 0.4) is 0 Å². The van der Waals surface area contributed by atoms with Crippen LogP contribution in [0.5, 0.6) is 0 Å². The van der Waals surface area contributed by atoms with E-state index in [1.165, 1.54) is 4.90 Å². The van der Waals surface area contributed by atoms with Gasteiger partial charge in [-0.1, -0.05) is 0 Å². The Morgan fingerprint density at radius 2 is 2.00 bits per heavy atom. The Kier molecular flexibility index (Phi) is 2.59. The Bertz CT molecular complexity index is 213. The number of hydrogen-bond acceptors (Lipinski definition) is 3. The molecule has 0 atom stereocenters. The number of hydrogen-bond donors (Lipinski definition) is 0. The molecule has 0 aromatic rings. The summed E-state index contributed by atoms with van der Waals surface area (Å²) in [5.74, 6) is -0.118. The standard InChI is InChI=1S/C9H14NO3/c1-9(2,3)13-8(12)10-4-7(5-10)6-11/h7H,4-5H2,1-3H3. The lowest BCUT2D eigenvalue weighted by molar-refractivity contribution is 0.00680. The average molecular weight is 184 g/mol. The molecule has 1 saturated heterocycles. The molecule has 1 amide bonds. The highest BCUT2D eigenvalue weighted by Gasteiger charge is 2.33. The van der Waals surface area contributed by atoms with E-state index >= 15 is 0 Å². The number of nitrogens with zero attached hydrogens (tertiary/aromatic N) is 1. The summed E-state index contributed by atoms with van der Waals surface area (Å²) in [7, 11) is 0. The van der Waals surface area contributed by atoms with E-state index in [9.17, 15) is 9.59 Å². The molecule has 1 fully saturated rings. The third kappa shape index (κ3) is 2.72. The van der Waals surface area contributed by atoms with Crippen LogP contribution in [0, 0.1) is 5.92 Å². The Morgan fingerprint density at radius 3 is 2.38 bits per heavy atom. The Balaban J connectivity index is 2.31. The molecule has 73 valence electrons. The summed E-state index contributed by atoms with van der Waals surface area (Å²) in [5.41, 5.74) is -0.465. The first-order chi connectivity index (χ1) is 5.92. The molecule has 0 aromatic carbocycles. The van der Waals surface area contributed by atoms with Gasteiger partial charge < -0.3 is 9.64 Å². The van der Waals surface area contributed by atoms with Crippen molar-refractivity contribution >= 4 is 12.4 Å². The molecule has 4 nitrogen and oxygen atoms in total. The summed E-state index contributed by atoms with van der Waals surface area (Å²) < 4.78 is 5.09. The molecule has 13 heavy (non-hydrogen) atoms. The van der Waals surface area contributed by atoms with Crippen molar-refractivity contribution in [2.45, 2.75) is 26.4 Å². The van der Waals surface area contributed by atoms with Gasteiger partial charge in [0.05, 0.1) is 5.92 Å². The topological polar surface area (TPSA) is 46.6 Å². The zero-order valence-corrected chi connectivity index (χ0v) is 8.16. The van der Waals surface area contributed by atoms with Crippen LogP contribution in [0.15, 0.2) is 0 Å². The van der Waals surface area contributed by atoms with E-state index in [1.807, 2.05) is 27.1 Å². The van der Waals surface area contributed by atoms with Crippen LogP contribution in [0.4, 0.5) is 4.79 Å². The van der Waals surface area contributed by atoms with Gasteiger partial charge in [-0.3, -0.25) is 4.79 Å². The van der Waals surface area contributed by atoms with Gasteiger partial charge in [0, 0.05) is 13.1 Å². The third-order valence-corrected chi connectivity index (χ3v) is 1.70. The van der Waals surface area contributed by atoms with Crippen LogP contribution in [0.1, 0.15) is 20.8 Å². The second-order valence-electron chi connectivity index (χ2n) is 4.20. The van der Waals surface area contributed by atoms with E-state index < -0.39 is 5.60 Å². The lowest BCUT2D eigenvalue weighted by Crippen LogP contribution is -2.52. The number of carbonyl (C=O) groups is 1. The summed E-state index contributed by atoms with van der Waals surface area (Å²) in [6.45, 7) is 6.33. The first-order valence-corrected chi connectivity index (χ1v) is 4.28. The van der Waals surface area contributed by atoms with Crippen LogP contribution < -0.4 is 0 Å². The van der Waals surface area contributed by atoms with Crippen LogP contribution in [-0.4, -0.2) is 36.0 Å². The van der Waals surface area contributed by atoms with Gasteiger partial charge in [0.25, 0.3) is 0 Å². The maximum atomic E-state index is 11.3. The number of likely N-dealkylation sites (tertiary alicyclic amines) is 1. The predicted octanol–water partition coefficient (Wildman–Crippen LogP) is 0.963. The van der Waals surface area contributed by atoms with E-state index in [-0.39, 0.29) is 12.0 Å². The van der Waals surface area contributed by atoms with Crippen molar-refractivity contribution in [3.05, 3.63) is 0 Å². The minimum atomic E-state index is -0.465. The molecule has 1 radical (unpaired) electrons. The van der Waals surface area contributed by atoms with Crippen LogP contribution in [0.2, 0.25) is 0 Å². The summed E-state index contributed by atoms with van der Waals surface area (Å²) in [6.07, 6.45) is 1.50. The summed E-state index contributed by atoms with van der Waals surface area (Å²) >= 11 is 0. The molecule has 4 heteroatoms. The fourth-order valence-corrected chi connectivity index (χ4v) is 1.03. The second-order valence-corrected chi connectivity index (χ2v) is 4.20. The zero-order valence-electron chi connectivity index (χ0n) is 8.16. The molecular formula is C9H14NO3. The number of ether oxygens (including phenoxy) is 1. The van der Waals surface area contributed by atoms with Crippen molar-refractivity contribution in [2.75, 3.05) is 13.1 Å². The third-order valence-electron chi connectivity index (χ3n) is 1.70. The molecule has 1 aliphatic heterocycles. The van der Waals surface area contributed by atoms with E-state index in [2.05, 4.69) is 0 Å². The first-order valence-electron chi connectivity index (χ1n) is 4.28. The van der Waals surface area contributed by atoms with Gasteiger partial charge in [0.1, 0.15) is 5.60 Å². The van der Waals surface area contributed by atoms with Gasteiger partial charge >= 0.3 is 6.09 Å². The van der Waals surface area contributed by atoms with E-state index in [4.69, 9.17) is 4.74 Å². The van der Waals surface area contributed by atoms with Crippen molar-refractivity contribution in [1.82, 2.24) is 4.90 Å². The largest absolute Gasteiger partial charge is 0.444 e. The Hall–Kier alpha value is -1.06. The number of amides is 1. The minimum absolute atomic E-state index is 0.118. The number of carbonyl (C=O) groups excluding carboxylic acids is 2. The molecule has 0 unspecified atom stereocenters. The molecule has 0 bridgehead atoms. The fourth-order valence-electron chi connectivity index (χ4n) is 1.03. The van der Waals surface area contributed by atoms with Crippen molar-refractivity contribution in [2.24, 2.45) is 5.92 Å². The molecule has 1 aliphatic rings. The van der Waals surface area contributed by atoms with E-state index in [0.29, 0.717) is 13.1 Å². The van der Waals surface area contributed by atoms with Gasteiger partial charge in [-0.15, -0.1) is 0 Å². The molecule has 0 spiro atoms. The van der Waals surface area contributed by atoms with Crippen LogP contribution >= 0.6 is 0 Å². The molecule has 0 N–H and O–H groups in total. The lowest BCUT2D eigenvalue weighted by atomic mass is 10.0. The Labute approximate surface area is 77.8 Å². The fraction of sp³-hybridized carbons (Fsp3) is 0.778. The quantitative estimate of drug-likeness (QED) is 0.610.